The van der Waals surface area contributed by atoms with Crippen LogP contribution in [0, 0.1) is 17.1 Å². The quantitative estimate of drug-likeness (QED) is 0.923. The number of anilines is 1. The molecule has 20 heavy (non-hydrogen) atoms. The van der Waals surface area contributed by atoms with Crippen molar-refractivity contribution < 1.29 is 8.81 Å². The summed E-state index contributed by atoms with van der Waals surface area (Å²) in [5.41, 5.74) is 1.09. The molecule has 1 heterocycles. The van der Waals surface area contributed by atoms with E-state index in [1.807, 2.05) is 6.07 Å². The van der Waals surface area contributed by atoms with Crippen molar-refractivity contribution in [3.05, 3.63) is 47.2 Å². The minimum absolute atomic E-state index is 0.260. The first-order chi connectivity index (χ1) is 9.74. The Morgan fingerprint density at radius 1 is 1.30 bits per heavy atom. The molecule has 100 valence electrons. The van der Waals surface area contributed by atoms with Crippen molar-refractivity contribution in [1.29, 1.82) is 5.26 Å². The van der Waals surface area contributed by atoms with Gasteiger partial charge in [0.25, 0.3) is 0 Å². The van der Waals surface area contributed by atoms with Gasteiger partial charge in [0.2, 0.25) is 17.5 Å². The molecular weight excluding hydrogens is 257 g/mol. The normalized spacial score (nSPS) is 14.4. The van der Waals surface area contributed by atoms with Gasteiger partial charge in [-0.25, -0.2) is 4.39 Å². The van der Waals surface area contributed by atoms with Gasteiger partial charge in [-0.2, -0.15) is 10.2 Å². The van der Waals surface area contributed by atoms with Gasteiger partial charge >= 0.3 is 0 Å². The van der Waals surface area contributed by atoms with Crippen LogP contribution in [0.5, 0.6) is 0 Å². The molecule has 0 radical (unpaired) electrons. The standard InChI is InChI=1S/C15H12FN3O/c16-11-4-1-10(2-5-11)3-8-14-19-13(9-17)15(20-14)18-12-6-7-12/h1-5,8,12,18H,6-7H2. The number of benzene rings is 1. The van der Waals surface area contributed by atoms with Crippen LogP contribution in [0.25, 0.3) is 12.2 Å². The molecule has 0 unspecified atom stereocenters. The Bertz CT molecular complexity index is 678. The molecule has 3 rings (SSSR count). The molecule has 2 aromatic rings. The number of hydrogen-bond acceptors (Lipinski definition) is 4. The van der Waals surface area contributed by atoms with Crippen LogP contribution < -0.4 is 5.32 Å². The lowest BCUT2D eigenvalue weighted by Gasteiger charge is -1.96. The number of nitriles is 1. The third kappa shape index (κ3) is 2.86. The van der Waals surface area contributed by atoms with Gasteiger partial charge in [0, 0.05) is 12.1 Å². The second-order valence-corrected chi connectivity index (χ2v) is 4.65. The van der Waals surface area contributed by atoms with Gasteiger partial charge in [-0.3, -0.25) is 0 Å². The summed E-state index contributed by atoms with van der Waals surface area (Å²) in [6, 6.07) is 8.48. The number of halogens is 1. The Morgan fingerprint density at radius 2 is 2.05 bits per heavy atom. The first-order valence-electron chi connectivity index (χ1n) is 6.36. The lowest BCUT2D eigenvalue weighted by Crippen LogP contribution is -2.00. The van der Waals surface area contributed by atoms with Crippen molar-refractivity contribution in [1.82, 2.24) is 4.98 Å². The highest BCUT2D eigenvalue weighted by molar-refractivity contribution is 5.67. The summed E-state index contributed by atoms with van der Waals surface area (Å²) in [7, 11) is 0. The smallest absolute Gasteiger partial charge is 0.232 e. The Kier molecular flexibility index (Phi) is 3.21. The zero-order valence-corrected chi connectivity index (χ0v) is 10.6. The van der Waals surface area contributed by atoms with E-state index in [1.165, 1.54) is 12.1 Å². The van der Waals surface area contributed by atoms with Crippen molar-refractivity contribution in [2.24, 2.45) is 0 Å². The molecular formula is C15H12FN3O. The highest BCUT2D eigenvalue weighted by Crippen LogP contribution is 2.27. The molecule has 0 aliphatic heterocycles. The van der Waals surface area contributed by atoms with Crippen LogP contribution in [0.15, 0.2) is 28.7 Å². The minimum Gasteiger partial charge on any atom is -0.420 e. The fourth-order valence-electron chi connectivity index (χ4n) is 1.74. The van der Waals surface area contributed by atoms with Gasteiger partial charge in [-0.05, 0) is 36.6 Å². The molecule has 0 bridgehead atoms. The summed E-state index contributed by atoms with van der Waals surface area (Å²) >= 11 is 0. The van der Waals surface area contributed by atoms with Crippen molar-refractivity contribution in [2.75, 3.05) is 5.32 Å². The third-order valence-electron chi connectivity index (χ3n) is 2.95. The monoisotopic (exact) mass is 269 g/mol. The van der Waals surface area contributed by atoms with E-state index < -0.39 is 0 Å². The first-order valence-corrected chi connectivity index (χ1v) is 6.36. The average Bonchev–Trinajstić information content (AvgIpc) is 3.18. The van der Waals surface area contributed by atoms with Crippen LogP contribution in [0.4, 0.5) is 10.3 Å². The first kappa shape index (κ1) is 12.4. The maximum Gasteiger partial charge on any atom is 0.232 e. The number of nitrogens with zero attached hydrogens (tertiary/aromatic N) is 2. The summed E-state index contributed by atoms with van der Waals surface area (Å²) in [6.07, 6.45) is 5.60. The van der Waals surface area contributed by atoms with Crippen molar-refractivity contribution in [3.8, 4) is 6.07 Å². The average molecular weight is 269 g/mol. The van der Waals surface area contributed by atoms with E-state index in [4.69, 9.17) is 9.68 Å². The fourth-order valence-corrected chi connectivity index (χ4v) is 1.74. The van der Waals surface area contributed by atoms with Gasteiger partial charge < -0.3 is 9.73 Å². The van der Waals surface area contributed by atoms with Gasteiger partial charge in [0.05, 0.1) is 0 Å². The van der Waals surface area contributed by atoms with E-state index >= 15 is 0 Å². The Morgan fingerprint density at radius 3 is 2.70 bits per heavy atom. The number of hydrogen-bond donors (Lipinski definition) is 1. The molecule has 5 heteroatoms. The summed E-state index contributed by atoms with van der Waals surface area (Å²) < 4.78 is 18.3. The predicted molar refractivity (Wildman–Crippen MR) is 73.2 cm³/mol. The molecule has 1 N–H and O–H groups in total. The molecule has 1 aromatic heterocycles. The van der Waals surface area contributed by atoms with E-state index in [0.717, 1.165) is 18.4 Å². The molecule has 4 nitrogen and oxygen atoms in total. The summed E-state index contributed by atoms with van der Waals surface area (Å²) in [6.45, 7) is 0. The predicted octanol–water partition coefficient (Wildman–Crippen LogP) is 3.43. The summed E-state index contributed by atoms with van der Waals surface area (Å²) in [5.74, 6) is 0.503. The SMILES string of the molecule is N#Cc1nc(C=Cc2ccc(F)cc2)oc1NC1CC1. The van der Waals surface area contributed by atoms with Crippen molar-refractivity contribution in [2.45, 2.75) is 18.9 Å². The van der Waals surface area contributed by atoms with E-state index in [0.29, 0.717) is 17.8 Å². The van der Waals surface area contributed by atoms with Crippen molar-refractivity contribution >= 4 is 18.0 Å². The van der Waals surface area contributed by atoms with Gasteiger partial charge in [-0.15, -0.1) is 0 Å². The lowest BCUT2D eigenvalue weighted by molar-refractivity contribution is 0.557. The van der Waals surface area contributed by atoms with Gasteiger partial charge in [-0.1, -0.05) is 12.1 Å². The largest absolute Gasteiger partial charge is 0.420 e. The highest BCUT2D eigenvalue weighted by atomic mass is 19.1. The van der Waals surface area contributed by atoms with Crippen LogP contribution in [-0.2, 0) is 0 Å². The fraction of sp³-hybridized carbons (Fsp3) is 0.200. The van der Waals surface area contributed by atoms with E-state index in [1.54, 1.807) is 24.3 Å². The van der Waals surface area contributed by atoms with Gasteiger partial charge in [0.15, 0.2) is 0 Å². The molecule has 0 saturated heterocycles. The molecule has 0 spiro atoms. The zero-order valence-electron chi connectivity index (χ0n) is 10.6. The maximum absolute atomic E-state index is 12.8. The number of aromatic nitrogens is 1. The zero-order chi connectivity index (χ0) is 13.9. The van der Waals surface area contributed by atoms with Crippen LogP contribution in [0.3, 0.4) is 0 Å². The highest BCUT2D eigenvalue weighted by Gasteiger charge is 2.24. The van der Waals surface area contributed by atoms with E-state index in [2.05, 4.69) is 10.3 Å². The topological polar surface area (TPSA) is 61.9 Å². The second kappa shape index (κ2) is 5.17. The summed E-state index contributed by atoms with van der Waals surface area (Å²) in [5, 5.41) is 12.1. The molecule has 1 aliphatic rings. The van der Waals surface area contributed by atoms with Crippen molar-refractivity contribution in [3.63, 3.8) is 0 Å². The number of oxazole rings is 1. The number of rotatable bonds is 4. The Labute approximate surface area is 115 Å². The molecule has 1 saturated carbocycles. The minimum atomic E-state index is -0.277. The van der Waals surface area contributed by atoms with Crippen LogP contribution in [-0.4, -0.2) is 11.0 Å². The van der Waals surface area contributed by atoms with Crippen LogP contribution >= 0.6 is 0 Å². The van der Waals surface area contributed by atoms with E-state index in [9.17, 15) is 4.39 Å². The van der Waals surface area contributed by atoms with Crippen LogP contribution in [0.1, 0.15) is 30.0 Å². The molecule has 0 amide bonds. The molecule has 1 aliphatic carbocycles. The van der Waals surface area contributed by atoms with E-state index in [-0.39, 0.29) is 11.5 Å². The number of nitrogens with one attached hydrogen (secondary N) is 1. The summed E-state index contributed by atoms with van der Waals surface area (Å²) in [4.78, 5) is 4.09. The Hall–Kier alpha value is -2.61. The Balaban J connectivity index is 1.78. The molecule has 1 aromatic carbocycles. The third-order valence-corrected chi connectivity index (χ3v) is 2.95. The maximum atomic E-state index is 12.8. The molecule has 1 fully saturated rings. The molecule has 0 atom stereocenters. The van der Waals surface area contributed by atoms with Crippen LogP contribution in [0.2, 0.25) is 0 Å². The van der Waals surface area contributed by atoms with Gasteiger partial charge in [0.1, 0.15) is 11.9 Å². The lowest BCUT2D eigenvalue weighted by atomic mass is 10.2. The second-order valence-electron chi connectivity index (χ2n) is 4.65.